The topological polar surface area (TPSA) is 98.0 Å². The molecule has 0 atom stereocenters. The number of carbonyl (C=O) groups excluding carboxylic acids is 4. The highest BCUT2D eigenvalue weighted by Gasteiger charge is 2.30. The van der Waals surface area contributed by atoms with E-state index in [2.05, 4.69) is 4.99 Å². The molecule has 11 heteroatoms. The summed E-state index contributed by atoms with van der Waals surface area (Å²) in [6.07, 6.45) is 0.193. The van der Waals surface area contributed by atoms with Crippen LogP contribution in [0.4, 0.5) is 14.5 Å². The lowest BCUT2D eigenvalue weighted by atomic mass is 10.2. The fourth-order valence-corrected chi connectivity index (χ4v) is 4.56. The number of rotatable bonds is 5. The molecule has 170 valence electrons. The van der Waals surface area contributed by atoms with Crippen molar-refractivity contribution < 1.29 is 32.7 Å². The predicted octanol–water partition coefficient (Wildman–Crippen LogP) is 2.94. The Morgan fingerprint density at radius 1 is 1.12 bits per heavy atom. The molecular formula is C22H17F2N3O5S. The predicted molar refractivity (Wildman–Crippen MR) is 114 cm³/mol. The molecule has 0 unspecified atom stereocenters. The van der Waals surface area contributed by atoms with E-state index < -0.39 is 30.1 Å². The van der Waals surface area contributed by atoms with Gasteiger partial charge in [0.2, 0.25) is 11.8 Å². The number of benzene rings is 2. The lowest BCUT2D eigenvalue weighted by Crippen LogP contribution is -2.28. The van der Waals surface area contributed by atoms with Crippen molar-refractivity contribution >= 4 is 50.9 Å². The Morgan fingerprint density at radius 2 is 1.85 bits per heavy atom. The second kappa shape index (κ2) is 9.02. The number of ether oxygens (including phenoxy) is 1. The van der Waals surface area contributed by atoms with Gasteiger partial charge in [-0.05, 0) is 31.2 Å². The largest absolute Gasteiger partial charge is 0.465 e. The summed E-state index contributed by atoms with van der Waals surface area (Å²) in [6.45, 7) is 1.28. The van der Waals surface area contributed by atoms with Crippen LogP contribution < -0.4 is 9.70 Å². The third kappa shape index (κ3) is 4.44. The number of fused-ring (bicyclic) bond motifs is 1. The molecule has 33 heavy (non-hydrogen) atoms. The van der Waals surface area contributed by atoms with Gasteiger partial charge in [-0.3, -0.25) is 24.1 Å². The quantitative estimate of drug-likeness (QED) is 0.419. The first-order chi connectivity index (χ1) is 15.8. The summed E-state index contributed by atoms with van der Waals surface area (Å²) in [6, 6.07) is 7.59. The van der Waals surface area contributed by atoms with Crippen LogP contribution in [-0.4, -0.2) is 34.9 Å². The van der Waals surface area contributed by atoms with Crippen molar-refractivity contribution in [1.82, 2.24) is 4.57 Å². The van der Waals surface area contributed by atoms with Crippen molar-refractivity contribution in [2.45, 2.75) is 26.3 Å². The number of imide groups is 1. The highest BCUT2D eigenvalue weighted by Crippen LogP contribution is 2.25. The van der Waals surface area contributed by atoms with Gasteiger partial charge in [0, 0.05) is 24.5 Å². The molecule has 3 amide bonds. The third-order valence-electron chi connectivity index (χ3n) is 4.89. The molecule has 0 spiro atoms. The van der Waals surface area contributed by atoms with Crippen LogP contribution >= 0.6 is 11.3 Å². The zero-order valence-electron chi connectivity index (χ0n) is 17.3. The maximum Gasteiger partial charge on any atom is 0.326 e. The number of hydrogen-bond acceptors (Lipinski definition) is 6. The lowest BCUT2D eigenvalue weighted by Gasteiger charge is -2.14. The SMILES string of the molecule is CCOC(=O)Cn1c(=NC(=O)c2cccc(N3C(=O)CCC3=O)c2)sc2cc(F)cc(F)c21. The van der Waals surface area contributed by atoms with Crippen LogP contribution in [0.2, 0.25) is 0 Å². The summed E-state index contributed by atoms with van der Waals surface area (Å²) in [5.41, 5.74) is 0.238. The Balaban J connectivity index is 1.78. The summed E-state index contributed by atoms with van der Waals surface area (Å²) in [5.74, 6) is -3.88. The minimum Gasteiger partial charge on any atom is -0.465 e. The summed E-state index contributed by atoms with van der Waals surface area (Å²) >= 11 is 0.835. The minimum atomic E-state index is -0.910. The van der Waals surface area contributed by atoms with Crippen molar-refractivity contribution in [1.29, 1.82) is 0 Å². The highest BCUT2D eigenvalue weighted by atomic mass is 32.1. The average Bonchev–Trinajstić information content (AvgIpc) is 3.27. The van der Waals surface area contributed by atoms with Crippen molar-refractivity contribution in [3.63, 3.8) is 0 Å². The first kappa shape index (κ1) is 22.5. The Bertz CT molecular complexity index is 1360. The number of nitrogens with zero attached hydrogens (tertiary/aromatic N) is 3. The molecule has 4 rings (SSSR count). The maximum atomic E-state index is 14.5. The monoisotopic (exact) mass is 473 g/mol. The molecule has 1 saturated heterocycles. The van der Waals surface area contributed by atoms with E-state index in [0.717, 1.165) is 26.9 Å². The fraction of sp³-hybridized carbons (Fsp3) is 0.227. The Morgan fingerprint density at radius 3 is 2.55 bits per heavy atom. The Kier molecular flexibility index (Phi) is 6.14. The smallest absolute Gasteiger partial charge is 0.326 e. The van der Waals surface area contributed by atoms with Gasteiger partial charge in [-0.2, -0.15) is 4.99 Å². The van der Waals surface area contributed by atoms with E-state index in [4.69, 9.17) is 4.74 Å². The van der Waals surface area contributed by atoms with E-state index in [0.29, 0.717) is 6.07 Å². The maximum absolute atomic E-state index is 14.5. The number of anilines is 1. The zero-order valence-corrected chi connectivity index (χ0v) is 18.2. The van der Waals surface area contributed by atoms with Crippen molar-refractivity contribution in [2.75, 3.05) is 11.5 Å². The fourth-order valence-electron chi connectivity index (χ4n) is 3.49. The average molecular weight is 473 g/mol. The van der Waals surface area contributed by atoms with E-state index >= 15 is 0 Å². The molecule has 0 N–H and O–H groups in total. The molecular weight excluding hydrogens is 456 g/mol. The third-order valence-corrected chi connectivity index (χ3v) is 5.91. The molecule has 3 aromatic rings. The molecule has 1 aromatic heterocycles. The number of esters is 1. The molecule has 0 bridgehead atoms. The van der Waals surface area contributed by atoms with Gasteiger partial charge >= 0.3 is 5.97 Å². The van der Waals surface area contributed by atoms with Crippen LogP contribution in [0.5, 0.6) is 0 Å². The van der Waals surface area contributed by atoms with Crippen molar-refractivity contribution in [2.24, 2.45) is 4.99 Å². The van der Waals surface area contributed by atoms with Crippen LogP contribution in [0.25, 0.3) is 10.2 Å². The lowest BCUT2D eigenvalue weighted by molar-refractivity contribution is -0.143. The van der Waals surface area contributed by atoms with Crippen LogP contribution in [0.1, 0.15) is 30.1 Å². The number of carbonyl (C=O) groups is 4. The van der Waals surface area contributed by atoms with Gasteiger partial charge in [0.15, 0.2) is 10.6 Å². The van der Waals surface area contributed by atoms with Crippen molar-refractivity contribution in [3.05, 3.63) is 58.4 Å². The molecule has 1 aliphatic heterocycles. The molecule has 1 aliphatic rings. The van der Waals surface area contributed by atoms with E-state index in [1.165, 1.54) is 24.3 Å². The highest BCUT2D eigenvalue weighted by molar-refractivity contribution is 7.16. The molecule has 0 radical (unpaired) electrons. The van der Waals surface area contributed by atoms with Gasteiger partial charge in [-0.25, -0.2) is 8.78 Å². The standard InChI is InChI=1S/C22H17F2N3O5S/c1-2-32-19(30)11-26-20-15(24)9-13(23)10-16(20)33-22(26)25-21(31)12-4-3-5-14(8-12)27-17(28)6-7-18(27)29/h3-5,8-10H,2,6-7,11H2,1H3. The molecule has 0 saturated carbocycles. The number of amides is 3. The van der Waals surface area contributed by atoms with Gasteiger partial charge in [0.25, 0.3) is 5.91 Å². The van der Waals surface area contributed by atoms with Crippen molar-refractivity contribution in [3.8, 4) is 0 Å². The van der Waals surface area contributed by atoms with E-state index in [9.17, 15) is 28.0 Å². The molecule has 2 heterocycles. The van der Waals surface area contributed by atoms with Crippen LogP contribution in [0.3, 0.4) is 0 Å². The van der Waals surface area contributed by atoms with Gasteiger partial charge in [-0.1, -0.05) is 17.4 Å². The molecule has 2 aromatic carbocycles. The van der Waals surface area contributed by atoms with E-state index in [1.807, 2.05) is 0 Å². The number of hydrogen-bond donors (Lipinski definition) is 0. The van der Waals surface area contributed by atoms with Gasteiger partial charge in [0.05, 0.1) is 22.5 Å². The normalized spacial score (nSPS) is 14.4. The summed E-state index contributed by atoms with van der Waals surface area (Å²) in [5, 5.41) is 0. The summed E-state index contributed by atoms with van der Waals surface area (Å²) in [7, 11) is 0. The first-order valence-electron chi connectivity index (χ1n) is 9.97. The molecule has 0 aliphatic carbocycles. The Hall–Kier alpha value is -3.73. The number of halogens is 2. The second-order valence-electron chi connectivity index (χ2n) is 7.10. The molecule has 1 fully saturated rings. The number of aromatic nitrogens is 1. The summed E-state index contributed by atoms with van der Waals surface area (Å²) < 4.78 is 34.5. The Labute approximate surface area is 189 Å². The zero-order chi connectivity index (χ0) is 23.7. The minimum absolute atomic E-state index is 0.0359. The molecule has 8 nitrogen and oxygen atoms in total. The van der Waals surface area contributed by atoms with Gasteiger partial charge in [-0.15, -0.1) is 0 Å². The van der Waals surface area contributed by atoms with E-state index in [-0.39, 0.29) is 57.5 Å². The number of thiazole rings is 1. The van der Waals surface area contributed by atoms with Crippen LogP contribution in [0.15, 0.2) is 41.4 Å². The first-order valence-corrected chi connectivity index (χ1v) is 10.8. The summed E-state index contributed by atoms with van der Waals surface area (Å²) in [4.78, 5) is 53.9. The van der Waals surface area contributed by atoms with Gasteiger partial charge < -0.3 is 9.30 Å². The van der Waals surface area contributed by atoms with Crippen LogP contribution in [-0.2, 0) is 25.7 Å². The van der Waals surface area contributed by atoms with E-state index in [1.54, 1.807) is 6.92 Å². The van der Waals surface area contributed by atoms with Crippen LogP contribution in [0, 0.1) is 11.6 Å². The van der Waals surface area contributed by atoms with Gasteiger partial charge in [0.1, 0.15) is 12.4 Å². The second-order valence-corrected chi connectivity index (χ2v) is 8.11.